The molecule has 0 aliphatic rings. The van der Waals surface area contributed by atoms with Crippen molar-refractivity contribution in [3.05, 3.63) is 11.7 Å². The summed E-state index contributed by atoms with van der Waals surface area (Å²) in [7, 11) is 0. The molecule has 5 heteroatoms. The maximum absolute atomic E-state index is 9.11. The van der Waals surface area contributed by atoms with Crippen molar-refractivity contribution in [3.8, 4) is 0 Å². The van der Waals surface area contributed by atoms with Crippen LogP contribution in [0.15, 0.2) is 4.52 Å². The molecular formula is C8H14N2O3. The monoisotopic (exact) mass is 186 g/mol. The van der Waals surface area contributed by atoms with E-state index in [2.05, 4.69) is 10.1 Å². The second-order valence-electron chi connectivity index (χ2n) is 2.76. The van der Waals surface area contributed by atoms with E-state index < -0.39 is 6.10 Å². The smallest absolute Gasteiger partial charge is 0.255 e. The predicted molar refractivity (Wildman–Crippen MR) is 45.0 cm³/mol. The third kappa shape index (κ3) is 2.50. The molecule has 0 aliphatic carbocycles. The van der Waals surface area contributed by atoms with Crippen molar-refractivity contribution in [3.63, 3.8) is 0 Å². The number of nitrogens with zero attached hydrogens (tertiary/aromatic N) is 2. The zero-order chi connectivity index (χ0) is 9.84. The van der Waals surface area contributed by atoms with Crippen LogP contribution in [0.3, 0.4) is 0 Å². The molecule has 1 N–H and O–H groups in total. The lowest BCUT2D eigenvalue weighted by Crippen LogP contribution is -2.02. The second-order valence-corrected chi connectivity index (χ2v) is 2.76. The van der Waals surface area contributed by atoms with Gasteiger partial charge in [-0.2, -0.15) is 4.98 Å². The Morgan fingerprint density at radius 3 is 2.69 bits per heavy atom. The zero-order valence-electron chi connectivity index (χ0n) is 8.02. The van der Waals surface area contributed by atoms with E-state index in [4.69, 9.17) is 14.4 Å². The van der Waals surface area contributed by atoms with Crippen LogP contribution in [0.5, 0.6) is 0 Å². The number of aromatic nitrogens is 2. The van der Waals surface area contributed by atoms with Crippen molar-refractivity contribution in [2.24, 2.45) is 0 Å². The van der Waals surface area contributed by atoms with Crippen LogP contribution in [0.4, 0.5) is 0 Å². The SMILES string of the molecule is CCOC(C)c1noc(C(C)O)n1. The van der Waals surface area contributed by atoms with Gasteiger partial charge in [-0.05, 0) is 20.8 Å². The number of hydrogen-bond acceptors (Lipinski definition) is 5. The molecule has 1 rings (SSSR count). The van der Waals surface area contributed by atoms with Gasteiger partial charge < -0.3 is 14.4 Å². The van der Waals surface area contributed by atoms with E-state index in [0.29, 0.717) is 12.4 Å². The van der Waals surface area contributed by atoms with Crippen LogP contribution in [0.1, 0.15) is 44.7 Å². The van der Waals surface area contributed by atoms with E-state index in [1.54, 1.807) is 6.92 Å². The van der Waals surface area contributed by atoms with Gasteiger partial charge in [-0.25, -0.2) is 0 Å². The molecule has 2 atom stereocenters. The molecule has 0 aromatic carbocycles. The summed E-state index contributed by atoms with van der Waals surface area (Å²) in [5.41, 5.74) is 0. The van der Waals surface area contributed by atoms with E-state index in [-0.39, 0.29) is 12.0 Å². The highest BCUT2D eigenvalue weighted by Gasteiger charge is 2.15. The predicted octanol–water partition coefficient (Wildman–Crippen LogP) is 1.22. The third-order valence-electron chi connectivity index (χ3n) is 1.60. The largest absolute Gasteiger partial charge is 0.384 e. The van der Waals surface area contributed by atoms with Crippen molar-refractivity contribution in [1.82, 2.24) is 10.1 Å². The van der Waals surface area contributed by atoms with E-state index in [1.807, 2.05) is 13.8 Å². The lowest BCUT2D eigenvalue weighted by atomic mass is 10.4. The first kappa shape index (κ1) is 10.1. The number of rotatable bonds is 4. The average molecular weight is 186 g/mol. The van der Waals surface area contributed by atoms with E-state index in [9.17, 15) is 0 Å². The number of aliphatic hydroxyl groups excluding tert-OH is 1. The normalized spacial score (nSPS) is 15.7. The second kappa shape index (κ2) is 4.34. The molecule has 1 aromatic rings. The quantitative estimate of drug-likeness (QED) is 0.765. The molecule has 0 saturated heterocycles. The van der Waals surface area contributed by atoms with E-state index >= 15 is 0 Å². The van der Waals surface area contributed by atoms with Crippen molar-refractivity contribution in [2.75, 3.05) is 6.61 Å². The molecule has 1 aromatic heterocycles. The number of hydrogen-bond donors (Lipinski definition) is 1. The fraction of sp³-hybridized carbons (Fsp3) is 0.750. The molecule has 2 unspecified atom stereocenters. The maximum atomic E-state index is 9.11. The van der Waals surface area contributed by atoms with Crippen LogP contribution in [-0.4, -0.2) is 21.9 Å². The molecule has 0 bridgehead atoms. The Bertz CT molecular complexity index is 260. The summed E-state index contributed by atoms with van der Waals surface area (Å²) in [4.78, 5) is 3.98. The molecule has 0 fully saturated rings. The molecule has 0 spiro atoms. The van der Waals surface area contributed by atoms with Crippen LogP contribution in [0.2, 0.25) is 0 Å². The fourth-order valence-electron chi connectivity index (χ4n) is 0.907. The molecule has 5 nitrogen and oxygen atoms in total. The first-order valence-corrected chi connectivity index (χ1v) is 4.28. The minimum absolute atomic E-state index is 0.193. The van der Waals surface area contributed by atoms with Gasteiger partial charge in [-0.3, -0.25) is 0 Å². The summed E-state index contributed by atoms with van der Waals surface area (Å²) in [5, 5.41) is 12.8. The van der Waals surface area contributed by atoms with Gasteiger partial charge in [0.1, 0.15) is 12.2 Å². The minimum Gasteiger partial charge on any atom is -0.384 e. The van der Waals surface area contributed by atoms with Gasteiger partial charge in [-0.15, -0.1) is 0 Å². The maximum Gasteiger partial charge on any atom is 0.255 e. The molecule has 13 heavy (non-hydrogen) atoms. The van der Waals surface area contributed by atoms with Gasteiger partial charge in [0, 0.05) is 6.61 Å². The summed E-state index contributed by atoms with van der Waals surface area (Å²) < 4.78 is 10.1. The van der Waals surface area contributed by atoms with Crippen LogP contribution < -0.4 is 0 Å². The number of ether oxygens (including phenoxy) is 1. The Morgan fingerprint density at radius 1 is 1.54 bits per heavy atom. The third-order valence-corrected chi connectivity index (χ3v) is 1.60. The lowest BCUT2D eigenvalue weighted by Gasteiger charge is -2.04. The standard InChI is InChI=1S/C8H14N2O3/c1-4-12-6(3)7-9-8(5(2)11)13-10-7/h5-6,11H,4H2,1-3H3. The summed E-state index contributed by atoms with van der Waals surface area (Å²) in [6.07, 6.45) is -0.920. The summed E-state index contributed by atoms with van der Waals surface area (Å²) in [6, 6.07) is 0. The Morgan fingerprint density at radius 2 is 2.23 bits per heavy atom. The lowest BCUT2D eigenvalue weighted by molar-refractivity contribution is 0.0683. The fourth-order valence-corrected chi connectivity index (χ4v) is 0.907. The van der Waals surface area contributed by atoms with Crippen molar-refractivity contribution < 1.29 is 14.4 Å². The van der Waals surface area contributed by atoms with Crippen LogP contribution in [-0.2, 0) is 4.74 Å². The zero-order valence-corrected chi connectivity index (χ0v) is 8.02. The summed E-state index contributed by atoms with van der Waals surface area (Å²) >= 11 is 0. The van der Waals surface area contributed by atoms with Crippen LogP contribution in [0, 0.1) is 0 Å². The molecule has 0 radical (unpaired) electrons. The first-order chi connectivity index (χ1) is 6.15. The highest BCUT2D eigenvalue weighted by molar-refractivity contribution is 4.91. The van der Waals surface area contributed by atoms with Gasteiger partial charge in [0.2, 0.25) is 0 Å². The molecule has 0 saturated carbocycles. The number of aliphatic hydroxyl groups is 1. The van der Waals surface area contributed by atoms with Crippen LogP contribution in [0.25, 0.3) is 0 Å². The van der Waals surface area contributed by atoms with Crippen molar-refractivity contribution in [1.29, 1.82) is 0 Å². The van der Waals surface area contributed by atoms with Gasteiger partial charge in [0.25, 0.3) is 5.89 Å². The van der Waals surface area contributed by atoms with Gasteiger partial charge in [0.15, 0.2) is 5.82 Å². The van der Waals surface area contributed by atoms with Gasteiger partial charge in [-0.1, -0.05) is 5.16 Å². The highest BCUT2D eigenvalue weighted by atomic mass is 16.5. The molecule has 1 heterocycles. The molecule has 0 aliphatic heterocycles. The van der Waals surface area contributed by atoms with E-state index in [1.165, 1.54) is 0 Å². The summed E-state index contributed by atoms with van der Waals surface area (Å²) in [6.45, 7) is 5.90. The van der Waals surface area contributed by atoms with Crippen LogP contribution >= 0.6 is 0 Å². The van der Waals surface area contributed by atoms with Crippen molar-refractivity contribution >= 4 is 0 Å². The Labute approximate surface area is 76.7 Å². The first-order valence-electron chi connectivity index (χ1n) is 4.28. The minimum atomic E-state index is -0.727. The molecular weight excluding hydrogens is 172 g/mol. The summed E-state index contributed by atoms with van der Waals surface area (Å²) in [5.74, 6) is 0.694. The topological polar surface area (TPSA) is 68.4 Å². The molecule has 74 valence electrons. The van der Waals surface area contributed by atoms with Gasteiger partial charge in [0.05, 0.1) is 0 Å². The highest BCUT2D eigenvalue weighted by Crippen LogP contribution is 2.15. The van der Waals surface area contributed by atoms with Gasteiger partial charge >= 0.3 is 0 Å². The Balaban J connectivity index is 2.67. The average Bonchev–Trinajstić information content (AvgIpc) is 2.52. The Hall–Kier alpha value is -0.940. The van der Waals surface area contributed by atoms with Crippen molar-refractivity contribution in [2.45, 2.75) is 33.0 Å². The molecule has 0 amide bonds. The van der Waals surface area contributed by atoms with E-state index in [0.717, 1.165) is 0 Å². The Kier molecular flexibility index (Phi) is 3.39.